The van der Waals surface area contributed by atoms with E-state index in [1.807, 2.05) is 24.3 Å². The Morgan fingerprint density at radius 1 is 0.609 bits per heavy atom. The second-order valence-corrected chi connectivity index (χ2v) is 14.8. The minimum absolute atomic E-state index is 0.0598. The number of hydrogen-bond acceptors (Lipinski definition) is 7. The molecule has 0 heterocycles. The van der Waals surface area contributed by atoms with Crippen molar-refractivity contribution in [2.75, 3.05) is 33.9 Å². The van der Waals surface area contributed by atoms with E-state index in [0.29, 0.717) is 32.5 Å². The van der Waals surface area contributed by atoms with Crippen LogP contribution in [0.15, 0.2) is 24.3 Å². The number of allylic oxidation sites excluding steroid dienone is 2. The second-order valence-electron chi connectivity index (χ2n) is 14.8. The van der Waals surface area contributed by atoms with Crippen LogP contribution in [0.5, 0.6) is 0 Å². The van der Waals surface area contributed by atoms with Gasteiger partial charge < -0.3 is 19.1 Å². The molecule has 0 fully saturated rings. The van der Waals surface area contributed by atoms with E-state index in [-0.39, 0.29) is 34.8 Å². The number of carbonyl (C=O) groups excluding carboxylic acids is 3. The highest BCUT2D eigenvalue weighted by Crippen LogP contribution is 2.37. The quantitative estimate of drug-likeness (QED) is 0.0345. The molecule has 0 aliphatic carbocycles. The van der Waals surface area contributed by atoms with Crippen molar-refractivity contribution in [2.24, 2.45) is 10.8 Å². The van der Waals surface area contributed by atoms with Gasteiger partial charge >= 0.3 is 17.9 Å². The summed E-state index contributed by atoms with van der Waals surface area (Å²) in [5.74, 6) is -0.337. The van der Waals surface area contributed by atoms with Crippen molar-refractivity contribution in [3.8, 4) is 0 Å². The summed E-state index contributed by atoms with van der Waals surface area (Å²) in [4.78, 5) is 39.1. The summed E-state index contributed by atoms with van der Waals surface area (Å²) in [5.41, 5.74) is -0.0274. The Morgan fingerprint density at radius 3 is 1.48 bits per heavy atom. The molecule has 0 aromatic carbocycles. The molecule has 0 bridgehead atoms. The molecule has 0 spiro atoms. The number of esters is 3. The van der Waals surface area contributed by atoms with Crippen molar-refractivity contribution in [1.29, 1.82) is 0 Å². The van der Waals surface area contributed by atoms with Gasteiger partial charge in [-0.05, 0) is 82.7 Å². The van der Waals surface area contributed by atoms with Crippen molar-refractivity contribution in [3.05, 3.63) is 24.3 Å². The van der Waals surface area contributed by atoms with Crippen LogP contribution in [0.1, 0.15) is 157 Å². The van der Waals surface area contributed by atoms with Crippen LogP contribution in [0.25, 0.3) is 0 Å². The molecular formula is C39H71NO6. The van der Waals surface area contributed by atoms with Crippen molar-refractivity contribution < 1.29 is 28.6 Å². The molecule has 46 heavy (non-hydrogen) atoms. The maximum Gasteiger partial charge on any atom is 0.306 e. The normalized spacial score (nSPS) is 12.5. The van der Waals surface area contributed by atoms with Crippen LogP contribution in [0.4, 0.5) is 0 Å². The SMILES string of the molecule is CC/C=C\COC(=O)CCCCCCCC(CCCCCCCC(=O)OC/C=C\CC)OC(=O)CC(C)(C)CC(C)(C)CN(C)C. The number of hydrogen-bond donors (Lipinski definition) is 0. The first-order chi connectivity index (χ1) is 21.8. The molecule has 7 nitrogen and oxygen atoms in total. The van der Waals surface area contributed by atoms with Crippen LogP contribution in [0, 0.1) is 10.8 Å². The van der Waals surface area contributed by atoms with E-state index in [4.69, 9.17) is 14.2 Å². The summed E-state index contributed by atoms with van der Waals surface area (Å²) >= 11 is 0. The van der Waals surface area contributed by atoms with E-state index in [0.717, 1.165) is 103 Å². The molecule has 0 aromatic heterocycles. The van der Waals surface area contributed by atoms with Crippen molar-refractivity contribution >= 4 is 17.9 Å². The largest absolute Gasteiger partial charge is 0.462 e. The lowest BCUT2D eigenvalue weighted by Gasteiger charge is -2.36. The summed E-state index contributed by atoms with van der Waals surface area (Å²) in [6.45, 7) is 14.7. The highest BCUT2D eigenvalue weighted by atomic mass is 16.5. The van der Waals surface area contributed by atoms with Crippen LogP contribution in [-0.4, -0.2) is 62.8 Å². The fraction of sp³-hybridized carbons (Fsp3) is 0.821. The molecule has 0 radical (unpaired) electrons. The van der Waals surface area contributed by atoms with E-state index in [1.54, 1.807) is 0 Å². The predicted molar refractivity (Wildman–Crippen MR) is 191 cm³/mol. The first kappa shape index (κ1) is 43.9. The Balaban J connectivity index is 4.65. The molecule has 0 atom stereocenters. The molecule has 7 heteroatoms. The summed E-state index contributed by atoms with van der Waals surface area (Å²) in [7, 11) is 4.19. The van der Waals surface area contributed by atoms with Crippen LogP contribution in [0.2, 0.25) is 0 Å². The lowest BCUT2D eigenvalue weighted by molar-refractivity contribution is -0.152. The van der Waals surface area contributed by atoms with Crippen LogP contribution in [-0.2, 0) is 28.6 Å². The highest BCUT2D eigenvalue weighted by Gasteiger charge is 2.32. The van der Waals surface area contributed by atoms with Crippen molar-refractivity contribution in [1.82, 2.24) is 4.90 Å². The molecular weight excluding hydrogens is 578 g/mol. The second kappa shape index (κ2) is 26.9. The third kappa shape index (κ3) is 28.1. The van der Waals surface area contributed by atoms with Gasteiger partial charge in [0.15, 0.2) is 0 Å². The standard InChI is InChI=1S/C39H71NO6/c1-9-11-23-29-44-35(41)27-21-17-13-15-19-25-34(26-20-16-14-18-22-28-36(42)45-30-24-12-10-2)46-37(43)31-38(3,4)32-39(5,6)33-40(7)8/h11-12,23-24,34H,9-10,13-22,25-33H2,1-8H3/b23-11-,24-12-. The Morgan fingerprint density at radius 2 is 1.04 bits per heavy atom. The zero-order valence-electron chi connectivity index (χ0n) is 31.1. The average Bonchev–Trinajstić information content (AvgIpc) is 2.94. The molecule has 268 valence electrons. The van der Waals surface area contributed by atoms with E-state index in [1.165, 1.54) is 0 Å². The van der Waals surface area contributed by atoms with Gasteiger partial charge in [-0.2, -0.15) is 0 Å². The molecule has 0 rings (SSSR count). The number of ether oxygens (including phenoxy) is 3. The zero-order chi connectivity index (χ0) is 34.7. The maximum atomic E-state index is 13.1. The fourth-order valence-corrected chi connectivity index (χ4v) is 6.39. The Hall–Kier alpha value is -2.15. The van der Waals surface area contributed by atoms with Gasteiger partial charge in [0.2, 0.25) is 0 Å². The average molecular weight is 650 g/mol. The van der Waals surface area contributed by atoms with Gasteiger partial charge in [-0.25, -0.2) is 0 Å². The minimum atomic E-state index is -0.137. The Labute approximate surface area is 283 Å². The van der Waals surface area contributed by atoms with E-state index in [2.05, 4.69) is 60.5 Å². The topological polar surface area (TPSA) is 82.1 Å². The predicted octanol–water partition coefficient (Wildman–Crippen LogP) is 9.77. The Bertz CT molecular complexity index is 817. The molecule has 0 amide bonds. The summed E-state index contributed by atoms with van der Waals surface area (Å²) in [6, 6.07) is 0. The van der Waals surface area contributed by atoms with Crippen LogP contribution >= 0.6 is 0 Å². The first-order valence-corrected chi connectivity index (χ1v) is 18.3. The molecule has 0 aliphatic heterocycles. The first-order valence-electron chi connectivity index (χ1n) is 18.3. The molecule has 0 aromatic rings. The van der Waals surface area contributed by atoms with Gasteiger partial charge in [-0.3, -0.25) is 14.4 Å². The number of unbranched alkanes of at least 4 members (excludes halogenated alkanes) is 8. The lowest BCUT2D eigenvalue weighted by atomic mass is 9.73. The Kier molecular flexibility index (Phi) is 25.6. The monoisotopic (exact) mass is 650 g/mol. The maximum absolute atomic E-state index is 13.1. The lowest BCUT2D eigenvalue weighted by Crippen LogP contribution is -2.34. The third-order valence-electron chi connectivity index (χ3n) is 7.92. The van der Waals surface area contributed by atoms with E-state index in [9.17, 15) is 14.4 Å². The van der Waals surface area contributed by atoms with Gasteiger partial charge in [0.25, 0.3) is 0 Å². The zero-order valence-corrected chi connectivity index (χ0v) is 31.1. The smallest absolute Gasteiger partial charge is 0.306 e. The number of nitrogens with zero attached hydrogens (tertiary/aromatic N) is 1. The summed E-state index contributed by atoms with van der Waals surface area (Å²) < 4.78 is 16.6. The fourth-order valence-electron chi connectivity index (χ4n) is 6.39. The molecule has 0 saturated heterocycles. The van der Waals surface area contributed by atoms with Gasteiger partial charge in [0, 0.05) is 19.4 Å². The van der Waals surface area contributed by atoms with Gasteiger partial charge in [0.1, 0.15) is 19.3 Å². The van der Waals surface area contributed by atoms with Crippen molar-refractivity contribution in [2.45, 2.75) is 163 Å². The molecule has 0 saturated carbocycles. The van der Waals surface area contributed by atoms with Crippen molar-refractivity contribution in [3.63, 3.8) is 0 Å². The molecule has 0 aliphatic rings. The number of rotatable bonds is 29. The highest BCUT2D eigenvalue weighted by molar-refractivity contribution is 5.70. The third-order valence-corrected chi connectivity index (χ3v) is 7.92. The molecule has 0 N–H and O–H groups in total. The van der Waals surface area contributed by atoms with Gasteiger partial charge in [-0.1, -0.05) is 104 Å². The van der Waals surface area contributed by atoms with Crippen LogP contribution < -0.4 is 0 Å². The minimum Gasteiger partial charge on any atom is -0.462 e. The number of carbonyl (C=O) groups is 3. The van der Waals surface area contributed by atoms with Crippen LogP contribution in [0.3, 0.4) is 0 Å². The van der Waals surface area contributed by atoms with E-state index >= 15 is 0 Å². The molecule has 0 unspecified atom stereocenters. The summed E-state index contributed by atoms with van der Waals surface area (Å²) in [6.07, 6.45) is 23.7. The van der Waals surface area contributed by atoms with E-state index < -0.39 is 0 Å². The van der Waals surface area contributed by atoms with Gasteiger partial charge in [-0.15, -0.1) is 0 Å². The summed E-state index contributed by atoms with van der Waals surface area (Å²) in [5, 5.41) is 0. The van der Waals surface area contributed by atoms with Gasteiger partial charge in [0.05, 0.1) is 6.42 Å².